The molecule has 0 spiro atoms. The van der Waals surface area contributed by atoms with Gasteiger partial charge in [0.05, 0.1) is 5.41 Å². The zero-order valence-electron chi connectivity index (χ0n) is 7.94. The lowest BCUT2D eigenvalue weighted by molar-refractivity contribution is 0.101. The van der Waals surface area contributed by atoms with E-state index >= 15 is 0 Å². The van der Waals surface area contributed by atoms with Gasteiger partial charge in [-0.1, -0.05) is 44.0 Å². The molecule has 15 heavy (non-hydrogen) atoms. The Morgan fingerprint density at radius 2 is 2.00 bits per heavy atom. The van der Waals surface area contributed by atoms with Crippen molar-refractivity contribution in [2.45, 2.75) is 30.0 Å². The van der Waals surface area contributed by atoms with E-state index in [1.54, 1.807) is 0 Å². The smallest absolute Gasteiger partial charge is 0.210 e. The molecule has 1 aromatic rings. The van der Waals surface area contributed by atoms with E-state index in [1.165, 1.54) is 0 Å². The average molecular weight is 340 g/mol. The lowest BCUT2D eigenvalue weighted by Crippen LogP contribution is -2.19. The lowest BCUT2D eigenvalue weighted by Gasteiger charge is -2.18. The first-order chi connectivity index (χ1) is 7.12. The number of benzene rings is 1. The van der Waals surface area contributed by atoms with E-state index in [-0.39, 0.29) is 0 Å². The molecule has 0 atom stereocenters. The molecule has 0 aliphatic heterocycles. The van der Waals surface area contributed by atoms with Gasteiger partial charge in [0.15, 0.2) is 0 Å². The van der Waals surface area contributed by atoms with Crippen molar-refractivity contribution in [3.05, 3.63) is 33.8 Å². The van der Waals surface area contributed by atoms with Crippen molar-refractivity contribution in [2.75, 3.05) is 0 Å². The second-order valence-electron chi connectivity index (χ2n) is 3.86. The minimum Gasteiger partial charge on any atom is -0.210 e. The van der Waals surface area contributed by atoms with Crippen molar-refractivity contribution in [3.8, 4) is 0 Å². The van der Waals surface area contributed by atoms with Crippen LogP contribution in [-0.4, -0.2) is 6.43 Å². The van der Waals surface area contributed by atoms with Crippen LogP contribution in [0.4, 0.5) is 8.78 Å². The van der Waals surface area contributed by atoms with E-state index in [0.717, 1.165) is 15.6 Å². The Bertz CT molecular complexity index is 373. The Labute approximate surface area is 104 Å². The summed E-state index contributed by atoms with van der Waals surface area (Å²) in [4.78, 5) is 0. The van der Waals surface area contributed by atoms with Gasteiger partial charge in [-0.3, -0.25) is 0 Å². The molecule has 1 fully saturated rings. The van der Waals surface area contributed by atoms with Crippen LogP contribution < -0.4 is 0 Å². The van der Waals surface area contributed by atoms with E-state index in [0.29, 0.717) is 18.2 Å². The largest absolute Gasteiger partial charge is 0.248 e. The van der Waals surface area contributed by atoms with Crippen LogP contribution in [-0.2, 0) is 10.7 Å². The first kappa shape index (κ1) is 11.5. The number of hydrogen-bond acceptors (Lipinski definition) is 0. The van der Waals surface area contributed by atoms with Crippen LogP contribution in [0.2, 0.25) is 0 Å². The summed E-state index contributed by atoms with van der Waals surface area (Å²) in [7, 11) is 0. The monoisotopic (exact) mass is 338 g/mol. The van der Waals surface area contributed by atoms with E-state index in [4.69, 9.17) is 0 Å². The molecule has 0 nitrogen and oxygen atoms in total. The van der Waals surface area contributed by atoms with E-state index in [1.807, 2.05) is 18.2 Å². The predicted molar refractivity (Wildman–Crippen MR) is 63.7 cm³/mol. The van der Waals surface area contributed by atoms with Gasteiger partial charge in [-0.05, 0) is 30.0 Å². The summed E-state index contributed by atoms with van der Waals surface area (Å²) in [6, 6.07) is 5.54. The molecule has 0 radical (unpaired) electrons. The Morgan fingerprint density at radius 1 is 1.33 bits per heavy atom. The molecule has 0 amide bonds. The SMILES string of the molecule is FC(F)C1(c2cccc(Br)c2CBr)CC1. The van der Waals surface area contributed by atoms with Gasteiger partial charge in [-0.2, -0.15) is 0 Å². The summed E-state index contributed by atoms with van der Waals surface area (Å²) >= 11 is 6.76. The van der Waals surface area contributed by atoms with Gasteiger partial charge in [0, 0.05) is 9.80 Å². The fourth-order valence-electron chi connectivity index (χ4n) is 1.90. The van der Waals surface area contributed by atoms with Gasteiger partial charge in [-0.15, -0.1) is 0 Å². The minimum atomic E-state index is -2.26. The molecular formula is C11H10Br2F2. The molecule has 2 rings (SSSR count). The molecule has 4 heteroatoms. The first-order valence-electron chi connectivity index (χ1n) is 4.74. The van der Waals surface area contributed by atoms with Crippen molar-refractivity contribution in [1.29, 1.82) is 0 Å². The van der Waals surface area contributed by atoms with Crippen LogP contribution >= 0.6 is 31.9 Å². The second-order valence-corrected chi connectivity index (χ2v) is 5.27. The van der Waals surface area contributed by atoms with Crippen LogP contribution in [0.15, 0.2) is 22.7 Å². The average Bonchev–Trinajstić information content (AvgIpc) is 2.98. The summed E-state index contributed by atoms with van der Waals surface area (Å²) in [5.41, 5.74) is 0.881. The minimum absolute atomic E-state index is 0.598. The quantitative estimate of drug-likeness (QED) is 0.704. The van der Waals surface area contributed by atoms with Gasteiger partial charge < -0.3 is 0 Å². The van der Waals surface area contributed by atoms with Crippen LogP contribution in [0.5, 0.6) is 0 Å². The molecule has 0 unspecified atom stereocenters. The zero-order valence-corrected chi connectivity index (χ0v) is 11.1. The van der Waals surface area contributed by atoms with Crippen LogP contribution in [0.3, 0.4) is 0 Å². The van der Waals surface area contributed by atoms with Crippen molar-refractivity contribution < 1.29 is 8.78 Å². The number of hydrogen-bond donors (Lipinski definition) is 0. The van der Waals surface area contributed by atoms with Gasteiger partial charge in [0.25, 0.3) is 0 Å². The Morgan fingerprint density at radius 3 is 2.47 bits per heavy atom. The van der Waals surface area contributed by atoms with E-state index in [9.17, 15) is 8.78 Å². The summed E-state index contributed by atoms with van der Waals surface area (Å²) in [5.74, 6) is 0. The third-order valence-corrected chi connectivity index (χ3v) is 4.30. The Kier molecular flexibility index (Phi) is 3.17. The normalized spacial score (nSPS) is 18.2. The van der Waals surface area contributed by atoms with Crippen LogP contribution in [0.25, 0.3) is 0 Å². The highest BCUT2D eigenvalue weighted by molar-refractivity contribution is 9.10. The Hall–Kier alpha value is 0.0400. The molecule has 0 N–H and O–H groups in total. The first-order valence-corrected chi connectivity index (χ1v) is 6.65. The highest BCUT2D eigenvalue weighted by Gasteiger charge is 2.53. The highest BCUT2D eigenvalue weighted by Crippen LogP contribution is 2.54. The summed E-state index contributed by atoms with van der Waals surface area (Å²) in [5, 5.41) is 0.609. The number of rotatable bonds is 3. The molecule has 1 aliphatic carbocycles. The molecule has 0 heterocycles. The highest BCUT2D eigenvalue weighted by atomic mass is 79.9. The van der Waals surface area contributed by atoms with Gasteiger partial charge >= 0.3 is 0 Å². The predicted octanol–water partition coefficient (Wildman–Crippen LogP) is 4.64. The maximum absolute atomic E-state index is 13.0. The van der Waals surface area contributed by atoms with Gasteiger partial charge in [0.1, 0.15) is 0 Å². The van der Waals surface area contributed by atoms with E-state index < -0.39 is 11.8 Å². The topological polar surface area (TPSA) is 0 Å². The molecule has 1 saturated carbocycles. The molecule has 1 aliphatic rings. The zero-order chi connectivity index (χ0) is 11.1. The van der Waals surface area contributed by atoms with Crippen molar-refractivity contribution in [1.82, 2.24) is 0 Å². The van der Waals surface area contributed by atoms with Crippen molar-refractivity contribution in [2.24, 2.45) is 0 Å². The van der Waals surface area contributed by atoms with Gasteiger partial charge in [-0.25, -0.2) is 8.78 Å². The van der Waals surface area contributed by atoms with Crippen molar-refractivity contribution in [3.63, 3.8) is 0 Å². The number of halogens is 4. The lowest BCUT2D eigenvalue weighted by atomic mass is 9.92. The van der Waals surface area contributed by atoms with E-state index in [2.05, 4.69) is 31.9 Å². The van der Waals surface area contributed by atoms with Crippen LogP contribution in [0.1, 0.15) is 24.0 Å². The standard InChI is InChI=1S/C11H10Br2F2/c12-6-7-8(2-1-3-9(7)13)11(4-5-11)10(14)15/h1-3,10H,4-6H2. The fraction of sp³-hybridized carbons (Fsp3) is 0.455. The summed E-state index contributed by atoms with van der Waals surface area (Å²) in [6.07, 6.45) is -1.06. The number of alkyl halides is 3. The molecule has 1 aromatic carbocycles. The Balaban J connectivity index is 2.49. The molecule has 82 valence electrons. The molecule has 0 bridgehead atoms. The summed E-state index contributed by atoms with van der Waals surface area (Å²) in [6.45, 7) is 0. The van der Waals surface area contributed by atoms with Crippen molar-refractivity contribution >= 4 is 31.9 Å². The van der Waals surface area contributed by atoms with Gasteiger partial charge in [0.2, 0.25) is 6.43 Å². The fourth-order valence-corrected chi connectivity index (χ4v) is 3.39. The molecule has 0 aromatic heterocycles. The maximum Gasteiger partial charge on any atom is 0.248 e. The molecular weight excluding hydrogens is 330 g/mol. The third-order valence-electron chi connectivity index (χ3n) is 3.00. The maximum atomic E-state index is 13.0. The summed E-state index contributed by atoms with van der Waals surface area (Å²) < 4.78 is 26.9. The second kappa shape index (κ2) is 4.13. The third kappa shape index (κ3) is 1.86. The van der Waals surface area contributed by atoms with Crippen LogP contribution in [0, 0.1) is 0 Å². The molecule has 0 saturated heterocycles.